The predicted molar refractivity (Wildman–Crippen MR) is 76.2 cm³/mol. The van der Waals surface area contributed by atoms with Crippen molar-refractivity contribution in [2.45, 2.75) is 19.4 Å². The molecule has 1 heterocycles. The van der Waals surface area contributed by atoms with Gasteiger partial charge in [-0.05, 0) is 40.5 Å². The molecule has 0 radical (unpaired) electrons. The molecule has 1 N–H and O–H groups in total. The van der Waals surface area contributed by atoms with Crippen molar-refractivity contribution in [1.29, 1.82) is 0 Å². The standard InChI is InChI=1S/C13H13BrN2O3/c1-2-11(13-4-3-7-19-13)15-12-8-9(16(17)18)5-6-10(12)14/h3-8,11,15H,2H2,1H3. The summed E-state index contributed by atoms with van der Waals surface area (Å²) >= 11 is 3.38. The number of rotatable bonds is 5. The molecular weight excluding hydrogens is 312 g/mol. The number of nitro groups is 1. The van der Waals surface area contributed by atoms with Crippen LogP contribution in [0, 0.1) is 10.1 Å². The van der Waals surface area contributed by atoms with Crippen LogP contribution in [0.5, 0.6) is 0 Å². The first-order valence-corrected chi connectivity index (χ1v) is 6.65. The van der Waals surface area contributed by atoms with Crippen LogP contribution in [0.2, 0.25) is 0 Å². The Kier molecular flexibility index (Phi) is 4.21. The number of nitrogens with zero attached hydrogens (tertiary/aromatic N) is 1. The molecular formula is C13H13BrN2O3. The third kappa shape index (κ3) is 3.14. The predicted octanol–water partition coefficient (Wildman–Crippen LogP) is 4.51. The fraction of sp³-hybridized carbons (Fsp3) is 0.231. The number of hydrogen-bond acceptors (Lipinski definition) is 4. The van der Waals surface area contributed by atoms with E-state index in [-0.39, 0.29) is 11.7 Å². The average molecular weight is 325 g/mol. The molecule has 0 bridgehead atoms. The van der Waals surface area contributed by atoms with Crippen molar-refractivity contribution in [1.82, 2.24) is 0 Å². The van der Waals surface area contributed by atoms with Crippen LogP contribution in [-0.2, 0) is 0 Å². The van der Waals surface area contributed by atoms with E-state index in [0.717, 1.165) is 16.7 Å². The lowest BCUT2D eigenvalue weighted by Gasteiger charge is -2.17. The van der Waals surface area contributed by atoms with E-state index in [1.165, 1.54) is 12.1 Å². The second-order valence-corrected chi connectivity index (χ2v) is 4.90. The molecule has 0 aliphatic rings. The quantitative estimate of drug-likeness (QED) is 0.648. The number of halogens is 1. The van der Waals surface area contributed by atoms with Gasteiger partial charge in [-0.25, -0.2) is 0 Å². The van der Waals surface area contributed by atoms with E-state index in [4.69, 9.17) is 4.42 Å². The molecule has 1 aromatic heterocycles. The van der Waals surface area contributed by atoms with Crippen molar-refractivity contribution in [3.8, 4) is 0 Å². The van der Waals surface area contributed by atoms with Gasteiger partial charge in [0.05, 0.1) is 22.9 Å². The van der Waals surface area contributed by atoms with Gasteiger partial charge < -0.3 is 9.73 Å². The van der Waals surface area contributed by atoms with Crippen molar-refractivity contribution in [3.63, 3.8) is 0 Å². The lowest BCUT2D eigenvalue weighted by Crippen LogP contribution is -2.09. The molecule has 1 aromatic carbocycles. The maximum atomic E-state index is 10.8. The lowest BCUT2D eigenvalue weighted by atomic mass is 10.1. The molecule has 2 aromatic rings. The molecule has 100 valence electrons. The number of hydrogen-bond donors (Lipinski definition) is 1. The van der Waals surface area contributed by atoms with E-state index in [2.05, 4.69) is 21.2 Å². The molecule has 0 fully saturated rings. The first kappa shape index (κ1) is 13.6. The van der Waals surface area contributed by atoms with Gasteiger partial charge in [-0.15, -0.1) is 0 Å². The molecule has 0 amide bonds. The van der Waals surface area contributed by atoms with Crippen molar-refractivity contribution < 1.29 is 9.34 Å². The summed E-state index contributed by atoms with van der Waals surface area (Å²) in [6.07, 6.45) is 2.42. The number of nitrogens with one attached hydrogen (secondary N) is 1. The molecule has 0 aliphatic carbocycles. The number of furan rings is 1. The van der Waals surface area contributed by atoms with Crippen LogP contribution >= 0.6 is 15.9 Å². The van der Waals surface area contributed by atoms with Crippen LogP contribution in [0.4, 0.5) is 11.4 Å². The summed E-state index contributed by atoms with van der Waals surface area (Å²) in [5, 5.41) is 14.0. The summed E-state index contributed by atoms with van der Waals surface area (Å²) in [7, 11) is 0. The van der Waals surface area contributed by atoms with E-state index in [9.17, 15) is 10.1 Å². The molecule has 0 saturated heterocycles. The second-order valence-electron chi connectivity index (χ2n) is 4.04. The maximum Gasteiger partial charge on any atom is 0.271 e. The average Bonchev–Trinajstić information content (AvgIpc) is 2.91. The minimum atomic E-state index is -0.411. The second kappa shape index (κ2) is 5.88. The zero-order valence-electron chi connectivity index (χ0n) is 10.3. The largest absolute Gasteiger partial charge is 0.467 e. The Bertz CT molecular complexity index is 569. The van der Waals surface area contributed by atoms with Crippen molar-refractivity contribution >= 4 is 27.3 Å². The Morgan fingerprint density at radius 1 is 1.47 bits per heavy atom. The lowest BCUT2D eigenvalue weighted by molar-refractivity contribution is -0.384. The van der Waals surface area contributed by atoms with E-state index in [1.54, 1.807) is 12.3 Å². The van der Waals surface area contributed by atoms with Crippen LogP contribution < -0.4 is 5.32 Å². The Hall–Kier alpha value is -1.82. The van der Waals surface area contributed by atoms with Crippen molar-refractivity contribution in [2.75, 3.05) is 5.32 Å². The molecule has 6 heteroatoms. The summed E-state index contributed by atoms with van der Waals surface area (Å²) in [4.78, 5) is 10.4. The van der Waals surface area contributed by atoms with Crippen LogP contribution in [0.25, 0.3) is 0 Å². The van der Waals surface area contributed by atoms with Gasteiger partial charge in [-0.2, -0.15) is 0 Å². The van der Waals surface area contributed by atoms with Gasteiger partial charge in [0.15, 0.2) is 0 Å². The van der Waals surface area contributed by atoms with E-state index in [0.29, 0.717) is 5.69 Å². The maximum absolute atomic E-state index is 10.8. The molecule has 5 nitrogen and oxygen atoms in total. The molecule has 0 saturated carbocycles. The van der Waals surface area contributed by atoms with Gasteiger partial charge in [0.1, 0.15) is 5.76 Å². The topological polar surface area (TPSA) is 68.3 Å². The summed E-state index contributed by atoms with van der Waals surface area (Å²) < 4.78 is 6.15. The first-order chi connectivity index (χ1) is 9.11. The summed E-state index contributed by atoms with van der Waals surface area (Å²) in [5.74, 6) is 0.806. The van der Waals surface area contributed by atoms with Crippen LogP contribution in [0.15, 0.2) is 45.5 Å². The highest BCUT2D eigenvalue weighted by Gasteiger charge is 2.15. The van der Waals surface area contributed by atoms with E-state index < -0.39 is 4.92 Å². The van der Waals surface area contributed by atoms with Crippen LogP contribution in [-0.4, -0.2) is 4.92 Å². The highest BCUT2D eigenvalue weighted by atomic mass is 79.9. The minimum Gasteiger partial charge on any atom is -0.467 e. The molecule has 19 heavy (non-hydrogen) atoms. The normalized spacial score (nSPS) is 12.1. The minimum absolute atomic E-state index is 0.0201. The Balaban J connectivity index is 2.26. The molecule has 2 rings (SSSR count). The third-order valence-corrected chi connectivity index (χ3v) is 3.48. The first-order valence-electron chi connectivity index (χ1n) is 5.85. The van der Waals surface area contributed by atoms with Crippen LogP contribution in [0.1, 0.15) is 25.1 Å². The van der Waals surface area contributed by atoms with E-state index >= 15 is 0 Å². The summed E-state index contributed by atoms with van der Waals surface area (Å²) in [5.41, 5.74) is 0.734. The number of non-ortho nitro benzene ring substituents is 1. The molecule has 1 atom stereocenters. The Morgan fingerprint density at radius 3 is 2.84 bits per heavy atom. The highest BCUT2D eigenvalue weighted by Crippen LogP contribution is 2.31. The van der Waals surface area contributed by atoms with Gasteiger partial charge in [0, 0.05) is 16.6 Å². The zero-order valence-corrected chi connectivity index (χ0v) is 11.9. The SMILES string of the molecule is CCC(Nc1cc([N+](=O)[O-])ccc1Br)c1ccco1. The van der Waals surface area contributed by atoms with Gasteiger partial charge in [-0.3, -0.25) is 10.1 Å². The number of nitro benzene ring substituents is 1. The van der Waals surface area contributed by atoms with Crippen molar-refractivity contribution in [2.24, 2.45) is 0 Å². The molecule has 0 aliphatic heterocycles. The summed E-state index contributed by atoms with van der Waals surface area (Å²) in [6.45, 7) is 2.02. The zero-order chi connectivity index (χ0) is 13.8. The summed E-state index contributed by atoms with van der Waals surface area (Å²) in [6, 6.07) is 8.32. The fourth-order valence-electron chi connectivity index (χ4n) is 1.79. The number of anilines is 1. The van der Waals surface area contributed by atoms with E-state index in [1.807, 2.05) is 19.1 Å². The smallest absolute Gasteiger partial charge is 0.271 e. The Morgan fingerprint density at radius 2 is 2.26 bits per heavy atom. The van der Waals surface area contributed by atoms with Gasteiger partial charge in [-0.1, -0.05) is 6.92 Å². The monoisotopic (exact) mass is 324 g/mol. The van der Waals surface area contributed by atoms with Gasteiger partial charge >= 0.3 is 0 Å². The molecule has 1 unspecified atom stereocenters. The van der Waals surface area contributed by atoms with Gasteiger partial charge in [0.25, 0.3) is 5.69 Å². The number of benzene rings is 1. The van der Waals surface area contributed by atoms with Crippen LogP contribution in [0.3, 0.4) is 0 Å². The van der Waals surface area contributed by atoms with Crippen molar-refractivity contribution in [3.05, 3.63) is 56.9 Å². The Labute approximate surface area is 118 Å². The van der Waals surface area contributed by atoms with Gasteiger partial charge in [0.2, 0.25) is 0 Å². The highest BCUT2D eigenvalue weighted by molar-refractivity contribution is 9.10. The molecule has 0 spiro atoms. The fourth-order valence-corrected chi connectivity index (χ4v) is 2.15. The third-order valence-electron chi connectivity index (χ3n) is 2.79.